The second kappa shape index (κ2) is 8.39. The molecular formula is C14H21NO5. The van der Waals surface area contributed by atoms with E-state index in [9.17, 15) is 9.90 Å². The number of carboxylic acids is 1. The predicted molar refractivity (Wildman–Crippen MR) is 74.4 cm³/mol. The fourth-order valence-electron chi connectivity index (χ4n) is 1.79. The van der Waals surface area contributed by atoms with E-state index < -0.39 is 12.0 Å². The van der Waals surface area contributed by atoms with E-state index in [1.807, 2.05) is 6.92 Å². The smallest absolute Gasteiger partial charge is 0.325 e. The van der Waals surface area contributed by atoms with E-state index in [-0.39, 0.29) is 0 Å². The van der Waals surface area contributed by atoms with Gasteiger partial charge in [0.25, 0.3) is 0 Å². The second-order valence-corrected chi connectivity index (χ2v) is 4.06. The maximum atomic E-state index is 11.3. The first kappa shape index (κ1) is 16.3. The maximum absolute atomic E-state index is 11.3. The van der Waals surface area contributed by atoms with Gasteiger partial charge in [0.15, 0.2) is 11.5 Å². The third-order valence-electron chi connectivity index (χ3n) is 2.72. The van der Waals surface area contributed by atoms with Crippen molar-refractivity contribution in [2.75, 3.05) is 34.0 Å². The molecular weight excluding hydrogens is 262 g/mol. The van der Waals surface area contributed by atoms with E-state index in [1.54, 1.807) is 32.4 Å². The van der Waals surface area contributed by atoms with Crippen LogP contribution in [-0.4, -0.2) is 45.1 Å². The lowest BCUT2D eigenvalue weighted by Gasteiger charge is -2.17. The first-order chi connectivity index (χ1) is 9.63. The lowest BCUT2D eigenvalue weighted by molar-refractivity contribution is -0.139. The van der Waals surface area contributed by atoms with Gasteiger partial charge in [-0.3, -0.25) is 10.1 Å². The summed E-state index contributed by atoms with van der Waals surface area (Å²) in [4.78, 5) is 11.3. The summed E-state index contributed by atoms with van der Waals surface area (Å²) in [6.45, 7) is 3.23. The van der Waals surface area contributed by atoms with Crippen LogP contribution in [0.25, 0.3) is 0 Å². The quantitative estimate of drug-likeness (QED) is 0.668. The highest BCUT2D eigenvalue weighted by atomic mass is 16.5. The SMILES string of the molecule is CCOc1cc(C(NCCOC)C(=O)O)ccc1OC. The number of aliphatic carboxylic acids is 1. The van der Waals surface area contributed by atoms with Crippen molar-refractivity contribution in [2.24, 2.45) is 0 Å². The average Bonchev–Trinajstić information content (AvgIpc) is 2.43. The Balaban J connectivity index is 2.95. The molecule has 0 fully saturated rings. The van der Waals surface area contributed by atoms with E-state index in [4.69, 9.17) is 14.2 Å². The first-order valence-corrected chi connectivity index (χ1v) is 6.39. The Bertz CT molecular complexity index is 436. The van der Waals surface area contributed by atoms with Crippen LogP contribution in [0.2, 0.25) is 0 Å². The maximum Gasteiger partial charge on any atom is 0.325 e. The highest BCUT2D eigenvalue weighted by Crippen LogP contribution is 2.30. The molecule has 0 bridgehead atoms. The van der Waals surface area contributed by atoms with Gasteiger partial charge in [0.05, 0.1) is 20.3 Å². The van der Waals surface area contributed by atoms with Crippen LogP contribution in [0.5, 0.6) is 11.5 Å². The number of benzene rings is 1. The molecule has 6 heteroatoms. The van der Waals surface area contributed by atoms with Gasteiger partial charge in [0.2, 0.25) is 0 Å². The van der Waals surface area contributed by atoms with Crippen LogP contribution in [0.4, 0.5) is 0 Å². The Labute approximate surface area is 118 Å². The minimum Gasteiger partial charge on any atom is -0.493 e. The van der Waals surface area contributed by atoms with Crippen LogP contribution < -0.4 is 14.8 Å². The third-order valence-corrected chi connectivity index (χ3v) is 2.72. The fraction of sp³-hybridized carbons (Fsp3) is 0.500. The number of methoxy groups -OCH3 is 2. The molecule has 0 saturated carbocycles. The van der Waals surface area contributed by atoms with Crippen molar-refractivity contribution in [2.45, 2.75) is 13.0 Å². The van der Waals surface area contributed by atoms with Crippen molar-refractivity contribution < 1.29 is 24.1 Å². The molecule has 0 aromatic heterocycles. The lowest BCUT2D eigenvalue weighted by Crippen LogP contribution is -2.31. The van der Waals surface area contributed by atoms with Gasteiger partial charge in [-0.05, 0) is 24.6 Å². The molecule has 0 aliphatic rings. The monoisotopic (exact) mass is 283 g/mol. The lowest BCUT2D eigenvalue weighted by atomic mass is 10.1. The number of hydrogen-bond donors (Lipinski definition) is 2. The molecule has 1 rings (SSSR count). The number of carbonyl (C=O) groups is 1. The number of rotatable bonds is 9. The van der Waals surface area contributed by atoms with Gasteiger partial charge in [0, 0.05) is 13.7 Å². The molecule has 6 nitrogen and oxygen atoms in total. The molecule has 112 valence electrons. The van der Waals surface area contributed by atoms with Crippen molar-refractivity contribution in [1.82, 2.24) is 5.32 Å². The summed E-state index contributed by atoms with van der Waals surface area (Å²) in [6.07, 6.45) is 0. The van der Waals surface area contributed by atoms with Crippen molar-refractivity contribution >= 4 is 5.97 Å². The molecule has 0 saturated heterocycles. The number of carboxylic acid groups (broad SMARTS) is 1. The second-order valence-electron chi connectivity index (χ2n) is 4.06. The molecule has 0 amide bonds. The molecule has 0 spiro atoms. The highest BCUT2D eigenvalue weighted by Gasteiger charge is 2.20. The Kier molecular flexibility index (Phi) is 6.83. The van der Waals surface area contributed by atoms with Crippen molar-refractivity contribution in [3.8, 4) is 11.5 Å². The zero-order valence-corrected chi connectivity index (χ0v) is 12.0. The van der Waals surface area contributed by atoms with Crippen LogP contribution in [0.3, 0.4) is 0 Å². The van der Waals surface area contributed by atoms with E-state index in [0.29, 0.717) is 36.8 Å². The Morgan fingerprint density at radius 3 is 2.65 bits per heavy atom. The number of nitrogens with one attached hydrogen (secondary N) is 1. The number of hydrogen-bond acceptors (Lipinski definition) is 5. The molecule has 1 unspecified atom stereocenters. The molecule has 0 radical (unpaired) electrons. The van der Waals surface area contributed by atoms with E-state index in [2.05, 4.69) is 5.32 Å². The fourth-order valence-corrected chi connectivity index (χ4v) is 1.79. The van der Waals surface area contributed by atoms with Gasteiger partial charge in [-0.15, -0.1) is 0 Å². The van der Waals surface area contributed by atoms with Gasteiger partial charge in [-0.2, -0.15) is 0 Å². The van der Waals surface area contributed by atoms with Gasteiger partial charge >= 0.3 is 5.97 Å². The zero-order chi connectivity index (χ0) is 15.0. The molecule has 20 heavy (non-hydrogen) atoms. The molecule has 1 aromatic carbocycles. The zero-order valence-electron chi connectivity index (χ0n) is 12.0. The molecule has 0 aliphatic heterocycles. The van der Waals surface area contributed by atoms with Gasteiger partial charge < -0.3 is 19.3 Å². The van der Waals surface area contributed by atoms with E-state index in [1.165, 1.54) is 0 Å². The molecule has 1 aromatic rings. The van der Waals surface area contributed by atoms with E-state index in [0.717, 1.165) is 0 Å². The van der Waals surface area contributed by atoms with Gasteiger partial charge in [0.1, 0.15) is 6.04 Å². The summed E-state index contributed by atoms with van der Waals surface area (Å²) in [7, 11) is 3.11. The molecule has 0 heterocycles. The molecule has 0 aliphatic carbocycles. The van der Waals surface area contributed by atoms with Crippen LogP contribution >= 0.6 is 0 Å². The topological polar surface area (TPSA) is 77.0 Å². The standard InChI is InChI=1S/C14H21NO5/c1-4-20-12-9-10(5-6-11(12)19-3)13(14(16)17)15-7-8-18-2/h5-6,9,13,15H,4,7-8H2,1-3H3,(H,16,17). The Morgan fingerprint density at radius 2 is 2.10 bits per heavy atom. The van der Waals surface area contributed by atoms with Gasteiger partial charge in [-0.1, -0.05) is 6.07 Å². The summed E-state index contributed by atoms with van der Waals surface area (Å²) in [6, 6.07) is 4.28. The van der Waals surface area contributed by atoms with Crippen molar-refractivity contribution in [3.63, 3.8) is 0 Å². The minimum absolute atomic E-state index is 0.443. The average molecular weight is 283 g/mol. The van der Waals surface area contributed by atoms with E-state index >= 15 is 0 Å². The van der Waals surface area contributed by atoms with Crippen LogP contribution in [0.1, 0.15) is 18.5 Å². The first-order valence-electron chi connectivity index (χ1n) is 6.39. The Morgan fingerprint density at radius 1 is 1.35 bits per heavy atom. The van der Waals surface area contributed by atoms with Crippen molar-refractivity contribution in [3.05, 3.63) is 23.8 Å². The van der Waals surface area contributed by atoms with Gasteiger partial charge in [-0.25, -0.2) is 0 Å². The van der Waals surface area contributed by atoms with Crippen molar-refractivity contribution in [1.29, 1.82) is 0 Å². The molecule has 2 N–H and O–H groups in total. The highest BCUT2D eigenvalue weighted by molar-refractivity contribution is 5.76. The predicted octanol–water partition coefficient (Wildman–Crippen LogP) is 1.46. The van der Waals surface area contributed by atoms with Crippen LogP contribution in [0.15, 0.2) is 18.2 Å². The minimum atomic E-state index is -0.950. The van der Waals surface area contributed by atoms with Crippen LogP contribution in [0, 0.1) is 0 Å². The largest absolute Gasteiger partial charge is 0.493 e. The summed E-state index contributed by atoms with van der Waals surface area (Å²) in [5.41, 5.74) is 0.609. The summed E-state index contributed by atoms with van der Waals surface area (Å²) >= 11 is 0. The molecule has 1 atom stereocenters. The number of ether oxygens (including phenoxy) is 3. The summed E-state index contributed by atoms with van der Waals surface area (Å²) in [5, 5.41) is 12.2. The summed E-state index contributed by atoms with van der Waals surface area (Å²) < 4.78 is 15.5. The van der Waals surface area contributed by atoms with Crippen LogP contribution in [-0.2, 0) is 9.53 Å². The third kappa shape index (κ3) is 4.40. The normalized spacial score (nSPS) is 11.9. The Hall–Kier alpha value is -1.79. The summed E-state index contributed by atoms with van der Waals surface area (Å²) in [5.74, 6) is 0.164.